The average molecular weight is 641 g/mol. The number of hydrogen-bond acceptors (Lipinski definition) is 14. The van der Waals surface area contributed by atoms with Gasteiger partial charge in [0.25, 0.3) is 11.8 Å². The molecule has 0 spiro atoms. The van der Waals surface area contributed by atoms with Crippen molar-refractivity contribution in [3.05, 3.63) is 23.0 Å². The van der Waals surface area contributed by atoms with E-state index in [9.17, 15) is 32.5 Å². The summed E-state index contributed by atoms with van der Waals surface area (Å²) in [6, 6.07) is -2.61. The minimum absolute atomic E-state index is 0.0654. The number of oxime groups is 1. The highest BCUT2D eigenvalue weighted by molar-refractivity contribution is 7.84. The van der Waals surface area contributed by atoms with Gasteiger partial charge in [-0.15, -0.1) is 11.3 Å². The number of carbonyl (C=O) groups excluding carboxylic acids is 2. The third-order valence-corrected chi connectivity index (χ3v) is 8.61. The number of β-lactam (4-membered cyclic amide) rings is 1. The van der Waals surface area contributed by atoms with E-state index >= 15 is 0 Å². The minimum atomic E-state index is -5.02. The molecule has 2 atom stereocenters. The monoisotopic (exact) mass is 640 g/mol. The summed E-state index contributed by atoms with van der Waals surface area (Å²) in [5, 5.41) is 38.9. The maximum Gasteiger partial charge on any atom is 0.362 e. The van der Waals surface area contributed by atoms with Gasteiger partial charge in [-0.1, -0.05) is 5.16 Å². The number of carbonyl (C=O) groups is 3. The zero-order valence-corrected chi connectivity index (χ0v) is 23.8. The van der Waals surface area contributed by atoms with Crippen molar-refractivity contribution in [3.63, 3.8) is 0 Å². The molecule has 0 aromatic carbocycles. The van der Waals surface area contributed by atoms with E-state index in [2.05, 4.69) is 36.3 Å². The Bertz CT molecular complexity index is 1580. The van der Waals surface area contributed by atoms with Crippen LogP contribution in [0.5, 0.6) is 0 Å². The molecular formula is C21H28N12O8S2. The molecule has 10 N–H and O–H groups in total. The largest absolute Gasteiger partial charge is 0.478 e. The molecule has 1 saturated heterocycles. The molecule has 232 valence electrons. The summed E-state index contributed by atoms with van der Waals surface area (Å²) in [7, 11) is -5.02. The first kappa shape index (κ1) is 30.1. The molecule has 0 radical (unpaired) electrons. The molecule has 3 fully saturated rings. The standard InChI is InChI=1S/C21H28N12O8S2/c22-9-3-10(4-9)27-19(23)25-5-11-6-26-32(30-11)7-13-15(17(35)33(13)43(38,39)40)29-16(34)14(12-8-42-20(24)28-12)31-41-21(1-2-21)18(36)37/h6,8-10,13,15H,1-5,7,22H2,(H2,24,28)(H,29,34)(H,36,37)(H3,23,25,27)(H,38,39,40)/b31-14-/t9-,10-,13-,15?/m0/s1. The number of carboxylic acids is 1. The number of aromatic nitrogens is 4. The van der Waals surface area contributed by atoms with Gasteiger partial charge in [-0.05, 0) is 12.8 Å². The third kappa shape index (κ3) is 6.50. The van der Waals surface area contributed by atoms with Crippen molar-refractivity contribution in [2.45, 2.75) is 68.5 Å². The van der Waals surface area contributed by atoms with E-state index in [4.69, 9.17) is 21.7 Å². The molecule has 2 aliphatic carbocycles. The van der Waals surface area contributed by atoms with Gasteiger partial charge in [-0.25, -0.2) is 14.1 Å². The summed E-state index contributed by atoms with van der Waals surface area (Å²) < 4.78 is 33.7. The van der Waals surface area contributed by atoms with Crippen molar-refractivity contribution >= 4 is 56.2 Å². The predicted molar refractivity (Wildman–Crippen MR) is 147 cm³/mol. The number of nitrogens with two attached hydrogens (primary N) is 2. The van der Waals surface area contributed by atoms with Crippen LogP contribution in [-0.2, 0) is 42.6 Å². The molecule has 5 rings (SSSR count). The van der Waals surface area contributed by atoms with Gasteiger partial charge in [0, 0.05) is 30.3 Å². The maximum absolute atomic E-state index is 13.2. The molecule has 1 aliphatic heterocycles. The average Bonchev–Trinajstić information content (AvgIpc) is 3.37. The van der Waals surface area contributed by atoms with Gasteiger partial charge in [0.05, 0.1) is 19.3 Å². The molecule has 2 saturated carbocycles. The number of guanidine groups is 1. The molecule has 2 amide bonds. The number of carboxylic acid groups (broad SMARTS) is 1. The van der Waals surface area contributed by atoms with Crippen LogP contribution in [0.3, 0.4) is 0 Å². The van der Waals surface area contributed by atoms with Crippen LogP contribution in [0.2, 0.25) is 0 Å². The van der Waals surface area contributed by atoms with Crippen LogP contribution in [0.4, 0.5) is 5.13 Å². The number of hydrogen-bond donors (Lipinski definition) is 8. The topological polar surface area (TPSA) is 306 Å². The molecule has 1 unspecified atom stereocenters. The van der Waals surface area contributed by atoms with E-state index in [-0.39, 0.29) is 59.1 Å². The lowest BCUT2D eigenvalue weighted by Gasteiger charge is -2.43. The Morgan fingerprint density at radius 2 is 2.02 bits per heavy atom. The highest BCUT2D eigenvalue weighted by Crippen LogP contribution is 2.40. The highest BCUT2D eigenvalue weighted by atomic mass is 32.2. The number of nitrogens with zero attached hydrogens (tertiary/aromatic N) is 6. The van der Waals surface area contributed by atoms with E-state index in [1.165, 1.54) is 11.6 Å². The molecule has 3 heterocycles. The fourth-order valence-corrected chi connectivity index (χ4v) is 5.84. The van der Waals surface area contributed by atoms with E-state index < -0.39 is 51.5 Å². The molecule has 43 heavy (non-hydrogen) atoms. The van der Waals surface area contributed by atoms with Crippen LogP contribution < -0.4 is 27.4 Å². The second kappa shape index (κ2) is 11.3. The van der Waals surface area contributed by atoms with E-state index in [0.717, 1.165) is 29.0 Å². The van der Waals surface area contributed by atoms with Gasteiger partial charge in [0.1, 0.15) is 23.5 Å². The number of anilines is 1. The summed E-state index contributed by atoms with van der Waals surface area (Å²) in [6.07, 6.45) is 3.19. The predicted octanol–water partition coefficient (Wildman–Crippen LogP) is -3.04. The summed E-state index contributed by atoms with van der Waals surface area (Å²) in [5.74, 6) is -3.39. The van der Waals surface area contributed by atoms with Gasteiger partial charge in [0.2, 0.25) is 5.60 Å². The Hall–Kier alpha value is -4.41. The first-order valence-corrected chi connectivity index (χ1v) is 15.1. The Morgan fingerprint density at radius 3 is 2.60 bits per heavy atom. The van der Waals surface area contributed by atoms with Crippen LogP contribution in [-0.4, -0.2) is 102 Å². The van der Waals surface area contributed by atoms with Crippen molar-refractivity contribution in [3.8, 4) is 0 Å². The quantitative estimate of drug-likeness (QED) is 0.0376. The van der Waals surface area contributed by atoms with E-state index in [1.54, 1.807) is 0 Å². The Morgan fingerprint density at radius 1 is 1.30 bits per heavy atom. The zero-order chi connectivity index (χ0) is 31.1. The summed E-state index contributed by atoms with van der Waals surface area (Å²) in [5.41, 5.74) is 9.62. The first-order valence-electron chi connectivity index (χ1n) is 12.8. The number of nitrogen functional groups attached to an aromatic ring is 1. The van der Waals surface area contributed by atoms with Crippen LogP contribution >= 0.6 is 11.3 Å². The van der Waals surface area contributed by atoms with Gasteiger partial charge in [-0.2, -0.15) is 23.4 Å². The smallest absolute Gasteiger partial charge is 0.362 e. The van der Waals surface area contributed by atoms with E-state index in [0.29, 0.717) is 5.69 Å². The fourth-order valence-electron chi connectivity index (χ4n) is 4.43. The minimum Gasteiger partial charge on any atom is -0.478 e. The Labute approximate surface area is 247 Å². The summed E-state index contributed by atoms with van der Waals surface area (Å²) >= 11 is 0.965. The highest BCUT2D eigenvalue weighted by Gasteiger charge is 2.56. The lowest BCUT2D eigenvalue weighted by Crippen LogP contribution is -2.73. The summed E-state index contributed by atoms with van der Waals surface area (Å²) in [6.45, 7) is -0.258. The second-order valence-electron chi connectivity index (χ2n) is 10.2. The van der Waals surface area contributed by atoms with Crippen LogP contribution in [0.1, 0.15) is 37.1 Å². The normalized spacial score (nSPS) is 24.4. The van der Waals surface area contributed by atoms with Gasteiger partial charge >= 0.3 is 16.3 Å². The maximum atomic E-state index is 13.2. The van der Waals surface area contributed by atoms with Crippen molar-refractivity contribution in [1.29, 1.82) is 5.41 Å². The molecule has 20 nitrogen and oxygen atoms in total. The van der Waals surface area contributed by atoms with E-state index in [1.807, 2.05) is 0 Å². The Balaban J connectivity index is 1.27. The van der Waals surface area contributed by atoms with Crippen molar-refractivity contribution < 1.29 is 37.3 Å². The molecule has 22 heteroatoms. The Kier molecular flexibility index (Phi) is 7.93. The van der Waals surface area contributed by atoms with Crippen molar-refractivity contribution in [1.82, 2.24) is 40.2 Å². The molecule has 2 aromatic rings. The molecule has 3 aliphatic rings. The van der Waals surface area contributed by atoms with Crippen LogP contribution in [0.25, 0.3) is 0 Å². The molecular weight excluding hydrogens is 612 g/mol. The lowest BCUT2D eigenvalue weighted by atomic mass is 9.88. The molecule has 0 bridgehead atoms. The number of nitrogens with one attached hydrogen (secondary N) is 4. The van der Waals surface area contributed by atoms with Crippen LogP contribution in [0, 0.1) is 5.41 Å². The van der Waals surface area contributed by atoms with Gasteiger partial charge in [0.15, 0.2) is 16.8 Å². The number of rotatable bonds is 12. The first-order chi connectivity index (χ1) is 20.3. The van der Waals surface area contributed by atoms with Crippen molar-refractivity contribution in [2.24, 2.45) is 10.9 Å². The summed E-state index contributed by atoms with van der Waals surface area (Å²) in [4.78, 5) is 47.6. The SMILES string of the molecule is N=C(NCc1cnn(C[C@H]2C(NC(=O)/C(=N\OC3(C(=O)O)CC3)c3csc(N)n3)C(=O)N2S(=O)(=O)O)n1)N[C@H]1C[C@H](N)C1. The third-order valence-electron chi connectivity index (χ3n) is 6.99. The number of aliphatic carboxylic acids is 1. The fraction of sp³-hybridized carbons (Fsp3) is 0.524. The zero-order valence-electron chi connectivity index (χ0n) is 22.2. The second-order valence-corrected chi connectivity index (χ2v) is 12.4. The molecule has 2 aromatic heterocycles. The number of amides is 2. The van der Waals surface area contributed by atoms with Gasteiger partial charge in [-0.3, -0.25) is 19.6 Å². The van der Waals surface area contributed by atoms with Crippen LogP contribution in [0.15, 0.2) is 16.7 Å². The number of thiazole rings is 1. The van der Waals surface area contributed by atoms with Gasteiger partial charge < -0.3 is 37.4 Å². The lowest BCUT2D eigenvalue weighted by molar-refractivity contribution is -0.153. The van der Waals surface area contributed by atoms with Crippen molar-refractivity contribution in [2.75, 3.05) is 5.73 Å².